The van der Waals surface area contributed by atoms with E-state index in [9.17, 15) is 0 Å². The van der Waals surface area contributed by atoms with Gasteiger partial charge < -0.3 is 14.2 Å². The number of aromatic nitrogens is 3. The highest BCUT2D eigenvalue weighted by molar-refractivity contribution is 7.98. The average Bonchev–Trinajstić information content (AvgIpc) is 3.19. The maximum atomic E-state index is 5.83. The molecule has 8 heteroatoms. The number of rotatable bonds is 8. The van der Waals surface area contributed by atoms with Crippen LogP contribution in [0.15, 0.2) is 27.9 Å². The molecule has 2 aromatic rings. The fourth-order valence-electron chi connectivity index (χ4n) is 3.15. The van der Waals surface area contributed by atoms with Gasteiger partial charge in [0.05, 0.1) is 11.2 Å². The Morgan fingerprint density at radius 2 is 2.11 bits per heavy atom. The Labute approximate surface area is 165 Å². The fraction of sp³-hybridized carbons (Fsp3) is 0.632. The molecule has 27 heavy (non-hydrogen) atoms. The van der Waals surface area contributed by atoms with Crippen LogP contribution in [0.2, 0.25) is 0 Å². The van der Waals surface area contributed by atoms with Crippen LogP contribution in [-0.4, -0.2) is 65.6 Å². The van der Waals surface area contributed by atoms with Crippen LogP contribution in [0.3, 0.4) is 0 Å². The Kier molecular flexibility index (Phi) is 6.95. The summed E-state index contributed by atoms with van der Waals surface area (Å²) in [5.41, 5.74) is 0. The molecule has 1 fully saturated rings. The molecule has 0 aromatic carbocycles. The molecule has 3 rings (SSSR count). The standard InChI is InChI=1S/C19H29N5O2S/c1-14(2)18-21-19(26-22-18)24-9-7-15(8-10-24)23(3)11-12-25-16-5-6-17(27-4)20-13-16/h5-6,13-15H,7-12H2,1-4H3. The fourth-order valence-corrected chi connectivity index (χ4v) is 3.51. The molecule has 0 spiro atoms. The number of hydrogen-bond acceptors (Lipinski definition) is 8. The molecule has 1 aliphatic heterocycles. The largest absolute Gasteiger partial charge is 0.491 e. The molecule has 0 aliphatic carbocycles. The van der Waals surface area contributed by atoms with Gasteiger partial charge in [0.15, 0.2) is 5.82 Å². The van der Waals surface area contributed by atoms with E-state index >= 15 is 0 Å². The van der Waals surface area contributed by atoms with Crippen molar-refractivity contribution in [2.75, 3.05) is 44.4 Å². The van der Waals surface area contributed by atoms with Crippen molar-refractivity contribution in [2.24, 2.45) is 0 Å². The second-order valence-electron chi connectivity index (χ2n) is 7.17. The minimum absolute atomic E-state index is 0.290. The summed E-state index contributed by atoms with van der Waals surface area (Å²) < 4.78 is 11.2. The van der Waals surface area contributed by atoms with Crippen LogP contribution in [0.1, 0.15) is 38.4 Å². The van der Waals surface area contributed by atoms with Crippen molar-refractivity contribution in [1.82, 2.24) is 20.0 Å². The number of piperidine rings is 1. The monoisotopic (exact) mass is 391 g/mol. The van der Waals surface area contributed by atoms with Gasteiger partial charge in [-0.3, -0.25) is 4.90 Å². The zero-order valence-corrected chi connectivity index (χ0v) is 17.4. The molecular formula is C19H29N5O2S. The molecule has 0 bridgehead atoms. The van der Waals surface area contributed by atoms with E-state index in [0.29, 0.717) is 24.6 Å². The van der Waals surface area contributed by atoms with Crippen LogP contribution >= 0.6 is 11.8 Å². The van der Waals surface area contributed by atoms with Crippen LogP contribution in [0, 0.1) is 0 Å². The predicted molar refractivity (Wildman–Crippen MR) is 108 cm³/mol. The number of thioether (sulfide) groups is 1. The second kappa shape index (κ2) is 9.41. The lowest BCUT2D eigenvalue weighted by atomic mass is 10.0. The summed E-state index contributed by atoms with van der Waals surface area (Å²) in [4.78, 5) is 13.4. The van der Waals surface area contributed by atoms with Crippen LogP contribution < -0.4 is 9.64 Å². The molecule has 0 atom stereocenters. The molecule has 148 valence electrons. The van der Waals surface area contributed by atoms with E-state index in [0.717, 1.165) is 49.1 Å². The summed E-state index contributed by atoms with van der Waals surface area (Å²) in [5, 5.41) is 5.07. The van der Waals surface area contributed by atoms with Crippen molar-refractivity contribution in [3.63, 3.8) is 0 Å². The average molecular weight is 392 g/mol. The number of anilines is 1. The lowest BCUT2D eigenvalue weighted by Gasteiger charge is -2.35. The van der Waals surface area contributed by atoms with Crippen LogP contribution in [0.4, 0.5) is 6.01 Å². The minimum atomic E-state index is 0.290. The van der Waals surface area contributed by atoms with Gasteiger partial charge in [-0.15, -0.1) is 11.8 Å². The molecule has 0 amide bonds. The van der Waals surface area contributed by atoms with E-state index in [1.807, 2.05) is 18.4 Å². The number of pyridine rings is 1. The van der Waals surface area contributed by atoms with Gasteiger partial charge >= 0.3 is 6.01 Å². The van der Waals surface area contributed by atoms with Gasteiger partial charge in [0.2, 0.25) is 0 Å². The summed E-state index contributed by atoms with van der Waals surface area (Å²) in [6.45, 7) is 7.59. The topological polar surface area (TPSA) is 67.5 Å². The smallest absolute Gasteiger partial charge is 0.324 e. The third-order valence-corrected chi connectivity index (χ3v) is 5.60. The zero-order chi connectivity index (χ0) is 19.2. The van der Waals surface area contributed by atoms with E-state index in [-0.39, 0.29) is 0 Å². The number of nitrogens with zero attached hydrogens (tertiary/aromatic N) is 5. The molecular weight excluding hydrogens is 362 g/mol. The normalized spacial score (nSPS) is 15.7. The highest BCUT2D eigenvalue weighted by Gasteiger charge is 2.25. The molecule has 2 aromatic heterocycles. The van der Waals surface area contributed by atoms with E-state index in [2.05, 4.69) is 45.8 Å². The summed E-state index contributed by atoms with van der Waals surface area (Å²) in [7, 11) is 2.17. The predicted octanol–water partition coefficient (Wildman–Crippen LogP) is 3.29. The van der Waals surface area contributed by atoms with Crippen molar-refractivity contribution in [3.8, 4) is 5.75 Å². The first-order valence-electron chi connectivity index (χ1n) is 9.48. The van der Waals surface area contributed by atoms with Crippen LogP contribution in [0.5, 0.6) is 5.75 Å². The van der Waals surface area contributed by atoms with Gasteiger partial charge in [-0.05, 0) is 38.3 Å². The summed E-state index contributed by atoms with van der Waals surface area (Å²) >= 11 is 1.63. The molecule has 1 aliphatic rings. The summed E-state index contributed by atoms with van der Waals surface area (Å²) in [5.74, 6) is 1.90. The SMILES string of the molecule is CSc1ccc(OCCN(C)C2CCN(c3nc(C(C)C)no3)CC2)cn1. The molecule has 1 saturated heterocycles. The minimum Gasteiger partial charge on any atom is -0.491 e. The van der Waals surface area contributed by atoms with Gasteiger partial charge in [0.25, 0.3) is 0 Å². The Bertz CT molecular complexity index is 698. The van der Waals surface area contributed by atoms with Crippen molar-refractivity contribution in [1.29, 1.82) is 0 Å². The molecule has 0 radical (unpaired) electrons. The quantitative estimate of drug-likeness (QED) is 0.635. The van der Waals surface area contributed by atoms with Gasteiger partial charge in [-0.2, -0.15) is 4.98 Å². The second-order valence-corrected chi connectivity index (χ2v) is 8.00. The lowest BCUT2D eigenvalue weighted by Crippen LogP contribution is -2.44. The summed E-state index contributed by atoms with van der Waals surface area (Å²) in [6, 6.07) is 5.17. The molecule has 3 heterocycles. The third-order valence-electron chi connectivity index (χ3n) is 4.94. The number of likely N-dealkylation sites (N-methyl/N-ethyl adjacent to an activating group) is 1. The van der Waals surface area contributed by atoms with Gasteiger partial charge in [-0.25, -0.2) is 4.98 Å². The van der Waals surface area contributed by atoms with Crippen LogP contribution in [-0.2, 0) is 0 Å². The van der Waals surface area contributed by atoms with Gasteiger partial charge in [0.1, 0.15) is 12.4 Å². The Morgan fingerprint density at radius 3 is 2.70 bits per heavy atom. The van der Waals surface area contributed by atoms with Gasteiger partial charge in [-0.1, -0.05) is 19.0 Å². The molecule has 0 unspecified atom stereocenters. The third kappa shape index (κ3) is 5.35. The maximum absolute atomic E-state index is 5.83. The first-order chi connectivity index (χ1) is 13.1. The number of hydrogen-bond donors (Lipinski definition) is 0. The van der Waals surface area contributed by atoms with E-state index in [4.69, 9.17) is 9.26 Å². The first-order valence-corrected chi connectivity index (χ1v) is 10.7. The van der Waals surface area contributed by atoms with Crippen molar-refractivity contribution >= 4 is 17.8 Å². The summed E-state index contributed by atoms with van der Waals surface area (Å²) in [6.07, 6.45) is 5.98. The maximum Gasteiger partial charge on any atom is 0.324 e. The van der Waals surface area contributed by atoms with E-state index < -0.39 is 0 Å². The Balaban J connectivity index is 1.40. The van der Waals surface area contributed by atoms with Gasteiger partial charge in [0, 0.05) is 31.6 Å². The molecule has 0 saturated carbocycles. The number of ether oxygens (including phenoxy) is 1. The molecule has 7 nitrogen and oxygen atoms in total. The first kappa shape index (κ1) is 19.9. The van der Waals surface area contributed by atoms with E-state index in [1.165, 1.54) is 0 Å². The Morgan fingerprint density at radius 1 is 1.33 bits per heavy atom. The molecule has 0 N–H and O–H groups in total. The van der Waals surface area contributed by atoms with Crippen molar-refractivity contribution in [3.05, 3.63) is 24.2 Å². The van der Waals surface area contributed by atoms with Crippen molar-refractivity contribution in [2.45, 2.75) is 43.7 Å². The Hall–Kier alpha value is -1.80. The highest BCUT2D eigenvalue weighted by atomic mass is 32.2. The van der Waals surface area contributed by atoms with E-state index in [1.54, 1.807) is 18.0 Å². The van der Waals surface area contributed by atoms with Crippen molar-refractivity contribution < 1.29 is 9.26 Å². The lowest BCUT2D eigenvalue weighted by molar-refractivity contribution is 0.169. The zero-order valence-electron chi connectivity index (χ0n) is 16.6. The van der Waals surface area contributed by atoms with Crippen LogP contribution in [0.25, 0.3) is 0 Å². The highest BCUT2D eigenvalue weighted by Crippen LogP contribution is 2.22.